The van der Waals surface area contributed by atoms with Crippen LogP contribution in [-0.4, -0.2) is 44.5 Å². The maximum atomic E-state index is 11.5. The smallest absolute Gasteiger partial charge is 0.222 e. The molecule has 0 aliphatic rings. The fourth-order valence-electron chi connectivity index (χ4n) is 1.34. The van der Waals surface area contributed by atoms with Crippen LogP contribution in [0, 0.1) is 5.92 Å². The van der Waals surface area contributed by atoms with E-state index < -0.39 is 0 Å². The first-order chi connectivity index (χ1) is 7.07. The average Bonchev–Trinajstić information content (AvgIpc) is 2.20. The van der Waals surface area contributed by atoms with Gasteiger partial charge in [-0.15, -0.1) is 0 Å². The SMILES string of the molecule is CC(CCCN)C(=O)NCCCN(C)C. The molecule has 0 aromatic rings. The van der Waals surface area contributed by atoms with Gasteiger partial charge in [0.1, 0.15) is 0 Å². The minimum absolute atomic E-state index is 0.0907. The number of hydrogen-bond donors (Lipinski definition) is 2. The van der Waals surface area contributed by atoms with E-state index in [4.69, 9.17) is 5.73 Å². The number of rotatable bonds is 8. The summed E-state index contributed by atoms with van der Waals surface area (Å²) in [7, 11) is 4.07. The molecular weight excluding hydrogens is 190 g/mol. The number of hydrogen-bond acceptors (Lipinski definition) is 3. The Bertz CT molecular complexity index is 171. The molecule has 4 heteroatoms. The number of nitrogens with two attached hydrogens (primary N) is 1. The van der Waals surface area contributed by atoms with Crippen molar-refractivity contribution in [1.29, 1.82) is 0 Å². The molecule has 0 fully saturated rings. The minimum Gasteiger partial charge on any atom is -0.356 e. The van der Waals surface area contributed by atoms with E-state index in [1.165, 1.54) is 0 Å². The quantitative estimate of drug-likeness (QED) is 0.577. The van der Waals surface area contributed by atoms with Gasteiger partial charge in [0.05, 0.1) is 0 Å². The molecule has 0 aliphatic carbocycles. The van der Waals surface area contributed by atoms with E-state index >= 15 is 0 Å². The lowest BCUT2D eigenvalue weighted by Crippen LogP contribution is -2.31. The summed E-state index contributed by atoms with van der Waals surface area (Å²) in [6, 6.07) is 0. The van der Waals surface area contributed by atoms with Crippen LogP contribution < -0.4 is 11.1 Å². The van der Waals surface area contributed by atoms with Gasteiger partial charge in [0.25, 0.3) is 0 Å². The second-order valence-corrected chi connectivity index (χ2v) is 4.28. The minimum atomic E-state index is 0.0907. The number of carbonyl (C=O) groups is 1. The van der Waals surface area contributed by atoms with Gasteiger partial charge in [-0.05, 0) is 46.4 Å². The summed E-state index contributed by atoms with van der Waals surface area (Å²) in [5, 5.41) is 2.94. The van der Waals surface area contributed by atoms with Crippen LogP contribution in [0.4, 0.5) is 0 Å². The van der Waals surface area contributed by atoms with Crippen LogP contribution in [0.2, 0.25) is 0 Å². The van der Waals surface area contributed by atoms with E-state index in [9.17, 15) is 4.79 Å². The number of nitrogens with one attached hydrogen (secondary N) is 1. The van der Waals surface area contributed by atoms with Gasteiger partial charge in [0.15, 0.2) is 0 Å². The Morgan fingerprint density at radius 3 is 2.60 bits per heavy atom. The summed E-state index contributed by atoms with van der Waals surface area (Å²) in [4.78, 5) is 13.6. The van der Waals surface area contributed by atoms with Crippen molar-refractivity contribution < 1.29 is 4.79 Å². The third kappa shape index (κ3) is 8.39. The van der Waals surface area contributed by atoms with Crippen LogP contribution in [0.1, 0.15) is 26.2 Å². The molecule has 0 aliphatic heterocycles. The molecule has 1 amide bonds. The molecule has 0 saturated heterocycles. The molecule has 0 radical (unpaired) electrons. The van der Waals surface area contributed by atoms with Gasteiger partial charge in [-0.3, -0.25) is 4.79 Å². The first-order valence-electron chi connectivity index (χ1n) is 5.70. The maximum absolute atomic E-state index is 11.5. The molecule has 90 valence electrons. The molecule has 0 heterocycles. The van der Waals surface area contributed by atoms with Crippen molar-refractivity contribution in [2.75, 3.05) is 33.7 Å². The molecule has 15 heavy (non-hydrogen) atoms. The van der Waals surface area contributed by atoms with Crippen LogP contribution >= 0.6 is 0 Å². The van der Waals surface area contributed by atoms with Crippen molar-refractivity contribution in [3.63, 3.8) is 0 Å². The first kappa shape index (κ1) is 14.4. The monoisotopic (exact) mass is 215 g/mol. The highest BCUT2D eigenvalue weighted by atomic mass is 16.1. The predicted octanol–water partition coefficient (Wildman–Crippen LogP) is 0.429. The fraction of sp³-hybridized carbons (Fsp3) is 0.909. The van der Waals surface area contributed by atoms with E-state index in [2.05, 4.69) is 10.2 Å². The van der Waals surface area contributed by atoms with E-state index in [-0.39, 0.29) is 11.8 Å². The van der Waals surface area contributed by atoms with Crippen molar-refractivity contribution in [1.82, 2.24) is 10.2 Å². The molecule has 1 atom stereocenters. The van der Waals surface area contributed by atoms with Crippen LogP contribution in [0.25, 0.3) is 0 Å². The van der Waals surface area contributed by atoms with Crippen molar-refractivity contribution >= 4 is 5.91 Å². The molecule has 0 spiro atoms. The van der Waals surface area contributed by atoms with E-state index in [0.29, 0.717) is 6.54 Å². The Balaban J connectivity index is 3.47. The van der Waals surface area contributed by atoms with Crippen molar-refractivity contribution in [2.45, 2.75) is 26.2 Å². The van der Waals surface area contributed by atoms with E-state index in [1.54, 1.807) is 0 Å². The Morgan fingerprint density at radius 2 is 2.07 bits per heavy atom. The molecule has 0 aromatic carbocycles. The molecular formula is C11H25N3O. The summed E-state index contributed by atoms with van der Waals surface area (Å²) in [6.45, 7) is 4.40. The highest BCUT2D eigenvalue weighted by Crippen LogP contribution is 2.04. The second kappa shape index (κ2) is 8.68. The standard InChI is InChI=1S/C11H25N3O/c1-10(6-4-7-12)11(15)13-8-5-9-14(2)3/h10H,4-9,12H2,1-3H3,(H,13,15). The van der Waals surface area contributed by atoms with Gasteiger partial charge < -0.3 is 16.0 Å². The van der Waals surface area contributed by atoms with Crippen LogP contribution in [-0.2, 0) is 4.79 Å². The highest BCUT2D eigenvalue weighted by molar-refractivity contribution is 5.78. The first-order valence-corrected chi connectivity index (χ1v) is 5.70. The van der Waals surface area contributed by atoms with Gasteiger partial charge in [-0.25, -0.2) is 0 Å². The van der Waals surface area contributed by atoms with Gasteiger partial charge >= 0.3 is 0 Å². The topological polar surface area (TPSA) is 58.4 Å². The molecule has 0 bridgehead atoms. The fourth-order valence-corrected chi connectivity index (χ4v) is 1.34. The van der Waals surface area contributed by atoms with Crippen LogP contribution in [0.5, 0.6) is 0 Å². The largest absolute Gasteiger partial charge is 0.356 e. The number of nitrogens with zero attached hydrogens (tertiary/aromatic N) is 1. The third-order valence-corrected chi connectivity index (χ3v) is 2.37. The second-order valence-electron chi connectivity index (χ2n) is 4.28. The van der Waals surface area contributed by atoms with Crippen molar-refractivity contribution in [3.05, 3.63) is 0 Å². The summed E-state index contributed by atoms with van der Waals surface area (Å²) < 4.78 is 0. The maximum Gasteiger partial charge on any atom is 0.222 e. The Labute approximate surface area is 93.2 Å². The Kier molecular flexibility index (Phi) is 8.33. The lowest BCUT2D eigenvalue weighted by Gasteiger charge is -2.13. The normalized spacial score (nSPS) is 12.9. The molecule has 3 N–H and O–H groups in total. The van der Waals surface area contributed by atoms with E-state index in [0.717, 1.165) is 32.4 Å². The number of carbonyl (C=O) groups excluding carboxylic acids is 1. The molecule has 0 rings (SSSR count). The van der Waals surface area contributed by atoms with Gasteiger partial charge in [0, 0.05) is 12.5 Å². The van der Waals surface area contributed by atoms with Crippen molar-refractivity contribution in [2.24, 2.45) is 11.7 Å². The third-order valence-electron chi connectivity index (χ3n) is 2.37. The van der Waals surface area contributed by atoms with Crippen LogP contribution in [0.15, 0.2) is 0 Å². The van der Waals surface area contributed by atoms with E-state index in [1.807, 2.05) is 21.0 Å². The predicted molar refractivity (Wildman–Crippen MR) is 63.6 cm³/mol. The summed E-state index contributed by atoms with van der Waals surface area (Å²) in [5.74, 6) is 0.245. The van der Waals surface area contributed by atoms with Gasteiger partial charge in [-0.1, -0.05) is 6.92 Å². The lowest BCUT2D eigenvalue weighted by molar-refractivity contribution is -0.124. The summed E-state index contributed by atoms with van der Waals surface area (Å²) in [6.07, 6.45) is 2.81. The average molecular weight is 215 g/mol. The van der Waals surface area contributed by atoms with Gasteiger partial charge in [0.2, 0.25) is 5.91 Å². The zero-order valence-corrected chi connectivity index (χ0v) is 10.3. The molecule has 4 nitrogen and oxygen atoms in total. The zero-order valence-electron chi connectivity index (χ0n) is 10.3. The molecule has 0 saturated carbocycles. The Morgan fingerprint density at radius 1 is 1.40 bits per heavy atom. The van der Waals surface area contributed by atoms with Gasteiger partial charge in [-0.2, -0.15) is 0 Å². The number of amides is 1. The molecule has 0 aromatic heterocycles. The van der Waals surface area contributed by atoms with Crippen LogP contribution in [0.3, 0.4) is 0 Å². The summed E-state index contributed by atoms with van der Waals surface area (Å²) >= 11 is 0. The Hall–Kier alpha value is -0.610. The van der Waals surface area contributed by atoms with Crippen molar-refractivity contribution in [3.8, 4) is 0 Å². The summed E-state index contributed by atoms with van der Waals surface area (Å²) in [5.41, 5.74) is 5.39. The zero-order chi connectivity index (χ0) is 11.7. The highest BCUT2D eigenvalue weighted by Gasteiger charge is 2.10. The molecule has 1 unspecified atom stereocenters. The lowest BCUT2D eigenvalue weighted by atomic mass is 10.1.